The molecule has 2 aliphatic rings. The SMILES string of the molecule is CCC1CCSC(NC2CCOC(CC)(CC)C2)=N1. The molecule has 2 rings (SSSR count). The molecule has 19 heavy (non-hydrogen) atoms. The number of ether oxygens (including phenoxy) is 1. The average molecular weight is 284 g/mol. The van der Waals surface area contributed by atoms with E-state index in [0.717, 1.165) is 38.7 Å². The minimum absolute atomic E-state index is 0.0972. The van der Waals surface area contributed by atoms with E-state index in [9.17, 15) is 0 Å². The standard InChI is InChI=1S/C15H28N2OS/c1-4-12-8-10-19-14(16-12)17-13-7-9-18-15(5-2,6-3)11-13/h12-13H,4-11H2,1-3H3,(H,16,17). The number of hydrogen-bond acceptors (Lipinski definition) is 4. The fraction of sp³-hybridized carbons (Fsp3) is 0.933. The predicted octanol–water partition coefficient (Wildman–Crippen LogP) is 3.59. The van der Waals surface area contributed by atoms with Gasteiger partial charge in [0, 0.05) is 18.4 Å². The molecule has 0 saturated carbocycles. The summed E-state index contributed by atoms with van der Waals surface area (Å²) < 4.78 is 6.04. The Kier molecular flexibility index (Phi) is 5.58. The molecular weight excluding hydrogens is 256 g/mol. The quantitative estimate of drug-likeness (QED) is 0.856. The van der Waals surface area contributed by atoms with E-state index in [1.807, 2.05) is 11.8 Å². The first-order chi connectivity index (χ1) is 9.21. The molecular formula is C15H28N2OS. The third-order valence-electron chi connectivity index (χ3n) is 4.57. The van der Waals surface area contributed by atoms with Gasteiger partial charge >= 0.3 is 0 Å². The Morgan fingerprint density at radius 3 is 2.79 bits per heavy atom. The summed E-state index contributed by atoms with van der Waals surface area (Å²) in [5, 5.41) is 4.85. The molecule has 1 saturated heterocycles. The Balaban J connectivity index is 1.93. The van der Waals surface area contributed by atoms with Gasteiger partial charge in [0.2, 0.25) is 0 Å². The van der Waals surface area contributed by atoms with Gasteiger partial charge < -0.3 is 10.1 Å². The first-order valence-corrected chi connectivity index (χ1v) is 8.81. The number of amidine groups is 1. The van der Waals surface area contributed by atoms with Gasteiger partial charge in [-0.2, -0.15) is 0 Å². The van der Waals surface area contributed by atoms with E-state index in [-0.39, 0.29) is 5.60 Å². The maximum atomic E-state index is 6.04. The highest BCUT2D eigenvalue weighted by Crippen LogP contribution is 2.32. The molecule has 0 aromatic rings. The van der Waals surface area contributed by atoms with Crippen LogP contribution in [-0.4, -0.2) is 35.2 Å². The number of nitrogens with one attached hydrogen (secondary N) is 1. The molecule has 1 fully saturated rings. The third-order valence-corrected chi connectivity index (χ3v) is 5.51. The average Bonchev–Trinajstić information content (AvgIpc) is 2.47. The summed E-state index contributed by atoms with van der Waals surface area (Å²) in [4.78, 5) is 4.82. The van der Waals surface area contributed by atoms with E-state index in [1.54, 1.807) is 0 Å². The normalized spacial score (nSPS) is 30.8. The summed E-state index contributed by atoms with van der Waals surface area (Å²) in [6.07, 6.45) is 6.84. The second-order valence-electron chi connectivity index (χ2n) is 5.71. The van der Waals surface area contributed by atoms with E-state index in [4.69, 9.17) is 9.73 Å². The molecule has 2 atom stereocenters. The van der Waals surface area contributed by atoms with Crippen LogP contribution in [0.4, 0.5) is 0 Å². The summed E-state index contributed by atoms with van der Waals surface area (Å²) in [7, 11) is 0. The first kappa shape index (κ1) is 15.2. The van der Waals surface area contributed by atoms with Gasteiger partial charge in [-0.15, -0.1) is 0 Å². The van der Waals surface area contributed by atoms with Gasteiger partial charge in [0.05, 0.1) is 11.6 Å². The van der Waals surface area contributed by atoms with Crippen LogP contribution >= 0.6 is 11.8 Å². The Hall–Kier alpha value is -0.220. The Morgan fingerprint density at radius 2 is 2.11 bits per heavy atom. The van der Waals surface area contributed by atoms with Crippen LogP contribution in [0.2, 0.25) is 0 Å². The van der Waals surface area contributed by atoms with Crippen molar-refractivity contribution in [3.05, 3.63) is 0 Å². The second kappa shape index (κ2) is 6.98. The molecule has 0 bridgehead atoms. The lowest BCUT2D eigenvalue weighted by atomic mass is 9.86. The third kappa shape index (κ3) is 3.88. The first-order valence-electron chi connectivity index (χ1n) is 7.82. The van der Waals surface area contributed by atoms with Crippen molar-refractivity contribution < 1.29 is 4.74 Å². The number of nitrogens with zero attached hydrogens (tertiary/aromatic N) is 1. The van der Waals surface area contributed by atoms with Crippen LogP contribution in [0.25, 0.3) is 0 Å². The second-order valence-corrected chi connectivity index (χ2v) is 6.79. The molecule has 0 radical (unpaired) electrons. The van der Waals surface area contributed by atoms with Crippen LogP contribution < -0.4 is 5.32 Å². The Morgan fingerprint density at radius 1 is 1.32 bits per heavy atom. The monoisotopic (exact) mass is 284 g/mol. The van der Waals surface area contributed by atoms with Crippen molar-refractivity contribution in [2.24, 2.45) is 4.99 Å². The van der Waals surface area contributed by atoms with Crippen molar-refractivity contribution in [2.75, 3.05) is 12.4 Å². The van der Waals surface area contributed by atoms with E-state index in [0.29, 0.717) is 12.1 Å². The molecule has 1 N–H and O–H groups in total. The van der Waals surface area contributed by atoms with Gasteiger partial charge in [0.15, 0.2) is 5.17 Å². The van der Waals surface area contributed by atoms with Gasteiger partial charge in [-0.3, -0.25) is 4.99 Å². The Bertz CT molecular complexity index is 315. The van der Waals surface area contributed by atoms with Crippen molar-refractivity contribution in [3.63, 3.8) is 0 Å². The predicted molar refractivity (Wildman–Crippen MR) is 84.0 cm³/mol. The van der Waals surface area contributed by atoms with Crippen molar-refractivity contribution in [1.82, 2.24) is 5.32 Å². The van der Waals surface area contributed by atoms with Gasteiger partial charge in [-0.1, -0.05) is 32.5 Å². The molecule has 0 amide bonds. The van der Waals surface area contributed by atoms with Crippen molar-refractivity contribution in [1.29, 1.82) is 0 Å². The summed E-state index contributed by atoms with van der Waals surface area (Å²) in [5.74, 6) is 1.21. The van der Waals surface area contributed by atoms with Crippen LogP contribution in [0.15, 0.2) is 4.99 Å². The van der Waals surface area contributed by atoms with E-state index in [2.05, 4.69) is 26.1 Å². The summed E-state index contributed by atoms with van der Waals surface area (Å²) in [6, 6.07) is 1.07. The highest BCUT2D eigenvalue weighted by Gasteiger charge is 2.35. The van der Waals surface area contributed by atoms with E-state index >= 15 is 0 Å². The van der Waals surface area contributed by atoms with Gasteiger partial charge in [-0.25, -0.2) is 0 Å². The summed E-state index contributed by atoms with van der Waals surface area (Å²) in [6.45, 7) is 7.60. The van der Waals surface area contributed by atoms with Crippen molar-refractivity contribution >= 4 is 16.9 Å². The van der Waals surface area contributed by atoms with Crippen LogP contribution in [-0.2, 0) is 4.74 Å². The molecule has 0 spiro atoms. The minimum atomic E-state index is 0.0972. The molecule has 0 aromatic heterocycles. The van der Waals surface area contributed by atoms with E-state index in [1.165, 1.54) is 17.3 Å². The fourth-order valence-corrected chi connectivity index (χ4v) is 4.06. The van der Waals surface area contributed by atoms with Crippen molar-refractivity contribution in [3.8, 4) is 0 Å². The molecule has 2 unspecified atom stereocenters. The van der Waals surface area contributed by atoms with Crippen LogP contribution in [0.1, 0.15) is 59.3 Å². The van der Waals surface area contributed by atoms with Gasteiger partial charge in [0.25, 0.3) is 0 Å². The summed E-state index contributed by atoms with van der Waals surface area (Å²) in [5.41, 5.74) is 0.0972. The van der Waals surface area contributed by atoms with E-state index < -0.39 is 0 Å². The molecule has 2 aliphatic heterocycles. The largest absolute Gasteiger partial charge is 0.375 e. The number of hydrogen-bond donors (Lipinski definition) is 1. The number of thioether (sulfide) groups is 1. The maximum absolute atomic E-state index is 6.04. The number of rotatable bonds is 4. The van der Waals surface area contributed by atoms with Crippen LogP contribution in [0.5, 0.6) is 0 Å². The fourth-order valence-electron chi connectivity index (χ4n) is 3.00. The lowest BCUT2D eigenvalue weighted by Gasteiger charge is -2.40. The molecule has 110 valence electrons. The number of aliphatic imine (C=N–C) groups is 1. The zero-order valence-electron chi connectivity index (χ0n) is 12.6. The Labute approximate surface area is 122 Å². The van der Waals surface area contributed by atoms with Crippen LogP contribution in [0.3, 0.4) is 0 Å². The van der Waals surface area contributed by atoms with Gasteiger partial charge in [0.1, 0.15) is 0 Å². The highest BCUT2D eigenvalue weighted by molar-refractivity contribution is 8.13. The highest BCUT2D eigenvalue weighted by atomic mass is 32.2. The van der Waals surface area contributed by atoms with Crippen molar-refractivity contribution in [2.45, 2.75) is 77.0 Å². The molecule has 2 heterocycles. The maximum Gasteiger partial charge on any atom is 0.157 e. The smallest absolute Gasteiger partial charge is 0.157 e. The zero-order valence-corrected chi connectivity index (χ0v) is 13.4. The zero-order chi connectivity index (χ0) is 13.7. The molecule has 3 nitrogen and oxygen atoms in total. The lowest BCUT2D eigenvalue weighted by Crippen LogP contribution is -2.48. The minimum Gasteiger partial charge on any atom is -0.375 e. The van der Waals surface area contributed by atoms with Crippen LogP contribution in [0, 0.1) is 0 Å². The molecule has 0 aromatic carbocycles. The topological polar surface area (TPSA) is 33.6 Å². The van der Waals surface area contributed by atoms with Gasteiger partial charge in [-0.05, 0) is 38.5 Å². The lowest BCUT2D eigenvalue weighted by molar-refractivity contribution is -0.0909. The molecule has 0 aliphatic carbocycles. The summed E-state index contributed by atoms with van der Waals surface area (Å²) >= 11 is 1.89. The molecule has 4 heteroatoms.